The van der Waals surface area contributed by atoms with Gasteiger partial charge in [-0.05, 0) is 300 Å². The Labute approximate surface area is 808 Å². The fourth-order valence-corrected chi connectivity index (χ4v) is 24.4. The Kier molecular flexibility index (Phi) is 19.1. The molecule has 0 fully saturated rings. The topological polar surface area (TPSA) is 13.0 Å². The largest absolute Gasteiger partial charge is 0.311 e. The number of rotatable bonds is 13. The van der Waals surface area contributed by atoms with Crippen LogP contribution < -0.4 is 19.6 Å². The van der Waals surface area contributed by atoms with Gasteiger partial charge in [0.15, 0.2) is 0 Å². The maximum absolute atomic E-state index is 2.44. The number of nitrogens with zero attached hydrogens (tertiary/aromatic N) is 4. The van der Waals surface area contributed by atoms with Crippen LogP contribution in [0.15, 0.2) is 510 Å². The first-order valence-electron chi connectivity index (χ1n) is 48.3. The highest BCUT2D eigenvalue weighted by Crippen LogP contribution is 2.68. The van der Waals surface area contributed by atoms with E-state index in [1.165, 1.54) is 190 Å². The average molecular weight is 1760 g/mol. The summed E-state index contributed by atoms with van der Waals surface area (Å²) in [6.45, 7) is 9.41. The molecule has 0 saturated heterocycles. The molecule has 4 nitrogen and oxygen atoms in total. The molecule has 21 aromatic carbocycles. The molecular weight excluding hydrogens is 1670 g/mol. The van der Waals surface area contributed by atoms with E-state index in [1.54, 1.807) is 0 Å². The van der Waals surface area contributed by atoms with Crippen LogP contribution in [0, 0.1) is 0 Å². The van der Waals surface area contributed by atoms with Gasteiger partial charge in [0.05, 0.1) is 33.6 Å². The van der Waals surface area contributed by atoms with E-state index in [-0.39, 0.29) is 10.8 Å². The molecule has 0 unspecified atom stereocenters. The van der Waals surface area contributed by atoms with Crippen molar-refractivity contribution in [1.82, 2.24) is 0 Å². The minimum Gasteiger partial charge on any atom is -0.311 e. The number of hydrogen-bond acceptors (Lipinski definition) is 4. The first-order valence-corrected chi connectivity index (χ1v) is 48.3. The monoisotopic (exact) mass is 1760 g/mol. The van der Waals surface area contributed by atoms with Gasteiger partial charge in [-0.15, -0.1) is 0 Å². The Hall–Kier alpha value is -17.2. The van der Waals surface area contributed by atoms with Crippen molar-refractivity contribution in [2.75, 3.05) is 19.6 Å². The molecule has 4 heteroatoms. The standard InChI is InChI=1S/C70H50N2.C64H46N2/c1-69(2)60-25-11-9-22-57(60)58-45-38-51(46-65(58)69)49-34-41-54(42-35-49)71(53-39-32-48(33-40-53)47-18-5-3-6-19-47)55-43-36-50(37-44-55)56-24-17-29-64-68(56)59-23-10-12-26-61(59)70(64)62-27-13-15-30-66(62)72(52-20-7-4-8-21-52)67-31-16-14-28-63(67)70;1-63(2)54-25-11-9-22-51(54)52-41-36-45(42-59(52)63)43-32-37-48(38-33-43)65(46-18-5-3-6-19-46)49-39-34-44(35-40-49)50-24-17-29-58-62(50)53-23-10-12-26-55(53)64(58)56-27-13-15-30-60(56)66(47-20-7-4-8-21-47)61-31-16-14-28-57(61)64/h3-46H,1-2H3;3-42H,1-2H3. The molecule has 0 saturated carbocycles. The highest BCUT2D eigenvalue weighted by molar-refractivity contribution is 6.04. The average Bonchev–Trinajstić information content (AvgIpc) is 1.49. The van der Waals surface area contributed by atoms with Crippen LogP contribution in [0.3, 0.4) is 0 Å². The Morgan fingerprint density at radius 2 is 0.384 bits per heavy atom. The van der Waals surface area contributed by atoms with Crippen molar-refractivity contribution in [3.8, 4) is 100 Å². The minimum absolute atomic E-state index is 0.0417. The summed E-state index contributed by atoms with van der Waals surface area (Å²) in [4.78, 5) is 9.64. The molecule has 2 aliphatic heterocycles. The summed E-state index contributed by atoms with van der Waals surface area (Å²) in [5, 5.41) is 0. The minimum atomic E-state index is -0.518. The van der Waals surface area contributed by atoms with Gasteiger partial charge in [0.25, 0.3) is 0 Å². The zero-order chi connectivity index (χ0) is 92.0. The van der Waals surface area contributed by atoms with E-state index in [2.05, 4.69) is 557 Å². The maximum atomic E-state index is 2.44. The molecule has 2 heterocycles. The number of fused-ring (bicyclic) bond motifs is 24. The second-order valence-electron chi connectivity index (χ2n) is 38.4. The quantitative estimate of drug-likeness (QED) is 0.114. The van der Waals surface area contributed by atoms with Gasteiger partial charge in [-0.3, -0.25) is 0 Å². The molecule has 0 amide bonds. The van der Waals surface area contributed by atoms with Gasteiger partial charge in [-0.2, -0.15) is 0 Å². The third kappa shape index (κ3) is 12.5. The van der Waals surface area contributed by atoms with Crippen LogP contribution in [-0.4, -0.2) is 0 Å². The van der Waals surface area contributed by atoms with Gasteiger partial charge in [0.2, 0.25) is 0 Å². The Balaban J connectivity index is 0.000000143. The van der Waals surface area contributed by atoms with Crippen molar-refractivity contribution in [2.45, 2.75) is 49.4 Å². The van der Waals surface area contributed by atoms with E-state index < -0.39 is 10.8 Å². The third-order valence-electron chi connectivity index (χ3n) is 30.6. The van der Waals surface area contributed by atoms with Gasteiger partial charge >= 0.3 is 0 Å². The summed E-state index contributed by atoms with van der Waals surface area (Å²) < 4.78 is 0. The van der Waals surface area contributed by atoms with Crippen LogP contribution in [0.1, 0.15) is 94.5 Å². The zero-order valence-electron chi connectivity index (χ0n) is 77.3. The molecule has 21 aromatic rings. The maximum Gasteiger partial charge on any atom is 0.0754 e. The molecule has 0 aromatic heterocycles. The van der Waals surface area contributed by atoms with Crippen LogP contribution >= 0.6 is 0 Å². The highest BCUT2D eigenvalue weighted by atomic mass is 15.2. The zero-order valence-corrected chi connectivity index (χ0v) is 77.3. The number of hydrogen-bond donors (Lipinski definition) is 0. The predicted octanol–water partition coefficient (Wildman–Crippen LogP) is 35.6. The van der Waals surface area contributed by atoms with Crippen molar-refractivity contribution in [3.05, 3.63) is 576 Å². The first kappa shape index (κ1) is 81.6. The van der Waals surface area contributed by atoms with Crippen molar-refractivity contribution < 1.29 is 0 Å². The lowest BCUT2D eigenvalue weighted by atomic mass is 9.64. The fraction of sp³-hybridized carbons (Fsp3) is 0.0597. The van der Waals surface area contributed by atoms with Crippen molar-refractivity contribution in [2.24, 2.45) is 0 Å². The van der Waals surface area contributed by atoms with E-state index >= 15 is 0 Å². The molecule has 2 spiro atoms. The summed E-state index contributed by atoms with van der Waals surface area (Å²) in [7, 11) is 0. The SMILES string of the molecule is CC1(C)c2ccccc2-c2ccc(-c3ccc(N(c4ccc(-c5ccccc5)cc4)c4ccc(-c5cccc6c5-c5ccccc5C65c6ccccc6N(c6ccccc6)c6ccccc65)cc4)cc3)cc21.CC1(C)c2ccccc2-c2ccc(-c3ccc(N(c4ccccc4)c4ccc(-c5cccc6c5-c5ccccc5C65c6ccccc6N(c6ccccc6)c6ccccc65)cc4)cc3)cc21. The van der Waals surface area contributed by atoms with Crippen LogP contribution in [0.2, 0.25) is 0 Å². The molecule has 0 atom stereocenters. The molecule has 652 valence electrons. The van der Waals surface area contributed by atoms with Crippen LogP contribution in [0.25, 0.3) is 100 Å². The van der Waals surface area contributed by atoms with Gasteiger partial charge < -0.3 is 19.6 Å². The lowest BCUT2D eigenvalue weighted by molar-refractivity contribution is 0.660. The van der Waals surface area contributed by atoms with Crippen molar-refractivity contribution >= 4 is 68.2 Å². The summed E-state index contributed by atoms with van der Waals surface area (Å²) in [6.07, 6.45) is 0. The Bertz CT molecular complexity index is 8250. The van der Waals surface area contributed by atoms with Crippen molar-refractivity contribution in [1.29, 1.82) is 0 Å². The van der Waals surface area contributed by atoms with E-state index in [0.29, 0.717) is 0 Å². The van der Waals surface area contributed by atoms with Gasteiger partial charge in [0.1, 0.15) is 0 Å². The second kappa shape index (κ2) is 32.3. The Morgan fingerprint density at radius 3 is 0.732 bits per heavy atom. The van der Waals surface area contributed by atoms with Crippen LogP contribution in [0.4, 0.5) is 68.2 Å². The molecule has 0 N–H and O–H groups in total. The number of para-hydroxylation sites is 7. The highest BCUT2D eigenvalue weighted by Gasteiger charge is 2.55. The summed E-state index contributed by atoms with van der Waals surface area (Å²) >= 11 is 0. The van der Waals surface area contributed by atoms with Gasteiger partial charge in [-0.1, -0.05) is 404 Å². The summed E-state index contributed by atoms with van der Waals surface area (Å²) in [5.41, 5.74) is 51.3. The normalized spacial score (nSPS) is 14.0. The molecular formula is C134H96N4. The second-order valence-corrected chi connectivity index (χ2v) is 38.4. The van der Waals surface area contributed by atoms with E-state index in [1.807, 2.05) is 0 Å². The summed E-state index contributed by atoms with van der Waals surface area (Å²) in [6, 6.07) is 189. The van der Waals surface area contributed by atoms with Crippen LogP contribution in [0.5, 0.6) is 0 Å². The molecule has 138 heavy (non-hydrogen) atoms. The van der Waals surface area contributed by atoms with Gasteiger partial charge in [0, 0.05) is 56.3 Å². The fourth-order valence-electron chi connectivity index (χ4n) is 24.4. The molecule has 27 rings (SSSR count). The first-order chi connectivity index (χ1) is 68.0. The summed E-state index contributed by atoms with van der Waals surface area (Å²) in [5.74, 6) is 0. The number of benzene rings is 21. The van der Waals surface area contributed by atoms with E-state index in [9.17, 15) is 0 Å². The van der Waals surface area contributed by atoms with E-state index in [0.717, 1.165) is 45.5 Å². The Morgan fingerprint density at radius 1 is 0.152 bits per heavy atom. The lowest BCUT2D eigenvalue weighted by Crippen LogP contribution is -2.36. The molecule has 6 aliphatic rings. The molecule has 4 aliphatic carbocycles. The molecule has 0 radical (unpaired) electrons. The van der Waals surface area contributed by atoms with Crippen LogP contribution in [-0.2, 0) is 21.7 Å². The smallest absolute Gasteiger partial charge is 0.0754 e. The van der Waals surface area contributed by atoms with Gasteiger partial charge in [-0.25, -0.2) is 0 Å². The van der Waals surface area contributed by atoms with Crippen molar-refractivity contribution in [3.63, 3.8) is 0 Å². The lowest BCUT2D eigenvalue weighted by Gasteiger charge is -2.45. The van der Waals surface area contributed by atoms with E-state index in [4.69, 9.17) is 0 Å². The predicted molar refractivity (Wildman–Crippen MR) is 576 cm³/mol. The molecule has 0 bridgehead atoms. The number of anilines is 12. The third-order valence-corrected chi connectivity index (χ3v) is 30.6.